The maximum Gasteiger partial charge on any atom is 0.270 e. The standard InChI is InChI=1S/C23H19N5O5/c29-22-16-25(15-17-6-2-1-3-7-17)23(19-9-5-11-21(13-19)28(32)33)26(22)24-14-18-8-4-10-20(12-18)27(30)31/h1-14,23H,15-16H2/b24-14-/t23-/m0/s1. The Kier molecular flexibility index (Phi) is 6.18. The zero-order valence-electron chi connectivity index (χ0n) is 17.4. The van der Waals surface area contributed by atoms with Gasteiger partial charge in [-0.2, -0.15) is 5.10 Å². The number of benzene rings is 3. The molecule has 33 heavy (non-hydrogen) atoms. The van der Waals surface area contributed by atoms with Crippen LogP contribution in [0.3, 0.4) is 0 Å². The van der Waals surface area contributed by atoms with Crippen LogP contribution in [-0.2, 0) is 11.3 Å². The first-order valence-electron chi connectivity index (χ1n) is 10.1. The van der Waals surface area contributed by atoms with Crippen LogP contribution in [0.15, 0.2) is 84.0 Å². The van der Waals surface area contributed by atoms with Crippen LogP contribution >= 0.6 is 0 Å². The number of nitro groups is 2. The van der Waals surface area contributed by atoms with Gasteiger partial charge in [-0.05, 0) is 11.1 Å². The van der Waals surface area contributed by atoms with E-state index in [2.05, 4.69) is 5.10 Å². The van der Waals surface area contributed by atoms with Gasteiger partial charge in [0.1, 0.15) is 6.17 Å². The molecule has 0 aromatic heterocycles. The zero-order chi connectivity index (χ0) is 23.4. The van der Waals surface area contributed by atoms with Crippen LogP contribution in [-0.4, -0.2) is 38.4 Å². The molecule has 0 spiro atoms. The number of hydrogen-bond acceptors (Lipinski definition) is 7. The van der Waals surface area contributed by atoms with E-state index in [-0.39, 0.29) is 23.8 Å². The fourth-order valence-corrected chi connectivity index (χ4v) is 3.71. The number of carbonyl (C=O) groups is 1. The zero-order valence-corrected chi connectivity index (χ0v) is 17.4. The van der Waals surface area contributed by atoms with Gasteiger partial charge in [0.2, 0.25) is 0 Å². The third kappa shape index (κ3) is 4.91. The van der Waals surface area contributed by atoms with Crippen molar-refractivity contribution in [3.05, 3.63) is 116 Å². The van der Waals surface area contributed by atoms with Crippen molar-refractivity contribution in [1.82, 2.24) is 9.91 Å². The highest BCUT2D eigenvalue weighted by atomic mass is 16.6. The number of rotatable bonds is 7. The molecule has 0 radical (unpaired) electrons. The van der Waals surface area contributed by atoms with E-state index < -0.39 is 16.0 Å². The molecule has 0 aliphatic carbocycles. The Hall–Kier alpha value is -4.44. The number of amides is 1. The predicted octanol–water partition coefficient (Wildman–Crippen LogP) is 3.88. The second-order valence-electron chi connectivity index (χ2n) is 7.45. The van der Waals surface area contributed by atoms with Gasteiger partial charge in [-0.15, -0.1) is 0 Å². The van der Waals surface area contributed by atoms with E-state index in [1.807, 2.05) is 35.2 Å². The molecule has 1 saturated heterocycles. The minimum atomic E-state index is -0.674. The highest BCUT2D eigenvalue weighted by Gasteiger charge is 2.39. The molecular weight excluding hydrogens is 426 g/mol. The van der Waals surface area contributed by atoms with Gasteiger partial charge < -0.3 is 0 Å². The molecule has 3 aromatic rings. The van der Waals surface area contributed by atoms with Crippen LogP contribution in [0.4, 0.5) is 11.4 Å². The molecule has 0 N–H and O–H groups in total. The number of hydrazone groups is 1. The second kappa shape index (κ2) is 9.37. The lowest BCUT2D eigenvalue weighted by molar-refractivity contribution is -0.385. The van der Waals surface area contributed by atoms with E-state index in [9.17, 15) is 25.0 Å². The molecule has 1 amide bonds. The summed E-state index contributed by atoms with van der Waals surface area (Å²) in [5.74, 6) is -0.288. The van der Waals surface area contributed by atoms with Gasteiger partial charge in [0.25, 0.3) is 17.3 Å². The van der Waals surface area contributed by atoms with Crippen molar-refractivity contribution < 1.29 is 14.6 Å². The van der Waals surface area contributed by atoms with Crippen molar-refractivity contribution in [3.8, 4) is 0 Å². The topological polar surface area (TPSA) is 122 Å². The van der Waals surface area contributed by atoms with Crippen molar-refractivity contribution >= 4 is 23.5 Å². The van der Waals surface area contributed by atoms with Crippen LogP contribution in [0.1, 0.15) is 22.9 Å². The molecule has 3 aromatic carbocycles. The van der Waals surface area contributed by atoms with E-state index in [1.54, 1.807) is 18.2 Å². The van der Waals surface area contributed by atoms with Crippen molar-refractivity contribution in [2.45, 2.75) is 12.7 Å². The first-order chi connectivity index (χ1) is 15.9. The summed E-state index contributed by atoms with van der Waals surface area (Å²) in [6.45, 7) is 0.497. The molecule has 10 heteroatoms. The van der Waals surface area contributed by atoms with Crippen molar-refractivity contribution in [3.63, 3.8) is 0 Å². The van der Waals surface area contributed by atoms with Gasteiger partial charge in [0.05, 0.1) is 22.6 Å². The molecular formula is C23H19N5O5. The summed E-state index contributed by atoms with van der Waals surface area (Å²) in [4.78, 5) is 36.1. The summed E-state index contributed by atoms with van der Waals surface area (Å²) in [5, 5.41) is 27.9. The normalized spacial score (nSPS) is 16.4. The Bertz CT molecular complexity index is 1230. The molecule has 10 nitrogen and oxygen atoms in total. The summed E-state index contributed by atoms with van der Waals surface area (Å²) < 4.78 is 0. The Morgan fingerprint density at radius 3 is 2.27 bits per heavy atom. The van der Waals surface area contributed by atoms with Crippen molar-refractivity contribution in [2.75, 3.05) is 6.54 Å². The number of carbonyl (C=O) groups excluding carboxylic acids is 1. The predicted molar refractivity (Wildman–Crippen MR) is 120 cm³/mol. The van der Waals surface area contributed by atoms with E-state index in [0.717, 1.165) is 5.56 Å². The maximum atomic E-state index is 12.9. The SMILES string of the molecule is O=C1CN(Cc2ccccc2)[C@H](c2cccc([N+](=O)[O-])c2)N1/N=C\c1cccc([N+](=O)[O-])c1. The maximum absolute atomic E-state index is 12.9. The third-order valence-corrected chi connectivity index (χ3v) is 5.19. The average molecular weight is 445 g/mol. The van der Waals surface area contributed by atoms with E-state index >= 15 is 0 Å². The van der Waals surface area contributed by atoms with Gasteiger partial charge in [0, 0.05) is 36.4 Å². The van der Waals surface area contributed by atoms with Crippen LogP contribution < -0.4 is 0 Å². The van der Waals surface area contributed by atoms with E-state index in [1.165, 1.54) is 41.6 Å². The van der Waals surface area contributed by atoms with Gasteiger partial charge in [-0.3, -0.25) is 29.9 Å². The fraction of sp³-hybridized carbons (Fsp3) is 0.130. The van der Waals surface area contributed by atoms with Crippen LogP contribution in [0.5, 0.6) is 0 Å². The lowest BCUT2D eigenvalue weighted by Gasteiger charge is -2.27. The summed E-state index contributed by atoms with van der Waals surface area (Å²) in [7, 11) is 0. The Morgan fingerprint density at radius 1 is 0.909 bits per heavy atom. The molecule has 1 fully saturated rings. The van der Waals surface area contributed by atoms with Crippen molar-refractivity contribution in [1.29, 1.82) is 0 Å². The average Bonchev–Trinajstić information content (AvgIpc) is 3.13. The van der Waals surface area contributed by atoms with Gasteiger partial charge in [0.15, 0.2) is 0 Å². The second-order valence-corrected chi connectivity index (χ2v) is 7.45. The lowest BCUT2D eigenvalue weighted by atomic mass is 10.1. The summed E-state index contributed by atoms with van der Waals surface area (Å²) in [6.07, 6.45) is 0.703. The minimum Gasteiger partial charge on any atom is -0.271 e. The first-order valence-corrected chi connectivity index (χ1v) is 10.1. The Balaban J connectivity index is 1.70. The largest absolute Gasteiger partial charge is 0.271 e. The molecule has 1 atom stereocenters. The fourth-order valence-electron chi connectivity index (χ4n) is 3.71. The monoisotopic (exact) mass is 445 g/mol. The van der Waals surface area contributed by atoms with Gasteiger partial charge in [-0.25, -0.2) is 5.01 Å². The molecule has 0 unspecified atom stereocenters. The van der Waals surface area contributed by atoms with E-state index in [0.29, 0.717) is 17.7 Å². The van der Waals surface area contributed by atoms with Crippen LogP contribution in [0.2, 0.25) is 0 Å². The highest BCUT2D eigenvalue weighted by molar-refractivity contribution is 5.85. The van der Waals surface area contributed by atoms with E-state index in [4.69, 9.17) is 0 Å². The number of hydrogen-bond donors (Lipinski definition) is 0. The smallest absolute Gasteiger partial charge is 0.270 e. The van der Waals surface area contributed by atoms with Crippen molar-refractivity contribution in [2.24, 2.45) is 5.10 Å². The summed E-state index contributed by atoms with van der Waals surface area (Å²) in [6, 6.07) is 21.5. The summed E-state index contributed by atoms with van der Waals surface area (Å²) >= 11 is 0. The highest BCUT2D eigenvalue weighted by Crippen LogP contribution is 2.34. The van der Waals surface area contributed by atoms with Crippen LogP contribution in [0, 0.1) is 20.2 Å². The number of nitrogens with zero attached hydrogens (tertiary/aromatic N) is 5. The Labute approximate surface area is 188 Å². The molecule has 166 valence electrons. The Morgan fingerprint density at radius 2 is 1.58 bits per heavy atom. The lowest BCUT2D eigenvalue weighted by Crippen LogP contribution is -2.28. The molecule has 1 heterocycles. The number of non-ortho nitro benzene ring substituents is 2. The third-order valence-electron chi connectivity index (χ3n) is 5.19. The van der Waals surface area contributed by atoms with Gasteiger partial charge in [-0.1, -0.05) is 54.6 Å². The molecule has 4 rings (SSSR count). The molecule has 0 saturated carbocycles. The number of nitro benzene ring substituents is 2. The summed E-state index contributed by atoms with van der Waals surface area (Å²) in [5.41, 5.74) is 1.80. The van der Waals surface area contributed by atoms with Crippen LogP contribution in [0.25, 0.3) is 0 Å². The molecule has 1 aliphatic rings. The molecule has 1 aliphatic heterocycles. The quantitative estimate of drug-likeness (QED) is 0.309. The van der Waals surface area contributed by atoms with Gasteiger partial charge >= 0.3 is 0 Å². The minimum absolute atomic E-state index is 0.0640. The first kappa shape index (κ1) is 21.8. The molecule has 0 bridgehead atoms.